The van der Waals surface area contributed by atoms with E-state index in [0.717, 1.165) is 6.08 Å². The van der Waals surface area contributed by atoms with E-state index in [9.17, 15) is 9.59 Å². The van der Waals surface area contributed by atoms with Crippen molar-refractivity contribution < 1.29 is 19.8 Å². The van der Waals surface area contributed by atoms with Crippen LogP contribution in [0.4, 0.5) is 0 Å². The molecule has 5 nitrogen and oxygen atoms in total. The van der Waals surface area contributed by atoms with Crippen LogP contribution in [0.25, 0.3) is 6.08 Å². The van der Waals surface area contributed by atoms with E-state index in [-0.39, 0.29) is 11.1 Å². The van der Waals surface area contributed by atoms with Crippen molar-refractivity contribution in [3.63, 3.8) is 0 Å². The highest BCUT2D eigenvalue weighted by Gasteiger charge is 2.10. The van der Waals surface area contributed by atoms with E-state index >= 15 is 0 Å². The number of nitrogens with zero attached hydrogens (tertiary/aromatic N) is 1. The molecule has 5 heteroatoms. The first kappa shape index (κ1) is 12.6. The Bertz CT molecular complexity index is 488. The van der Waals surface area contributed by atoms with Gasteiger partial charge in [0.05, 0.1) is 5.57 Å². The summed E-state index contributed by atoms with van der Waals surface area (Å²) in [7, 11) is 0. The molecule has 0 amide bonds. The zero-order valence-electron chi connectivity index (χ0n) is 9.12. The number of carboxylic acid groups (broad SMARTS) is 2. The van der Waals surface area contributed by atoms with E-state index in [1.54, 1.807) is 12.1 Å². The maximum Gasteiger partial charge on any atom is 0.335 e. The maximum atomic E-state index is 11.0. The van der Waals surface area contributed by atoms with E-state index in [1.807, 2.05) is 0 Å². The molecule has 0 unspecified atom stereocenters. The Balaban J connectivity index is 3.15. The summed E-state index contributed by atoms with van der Waals surface area (Å²) in [5, 5.41) is 17.6. The van der Waals surface area contributed by atoms with Gasteiger partial charge in [-0.3, -0.25) is 4.98 Å². The molecular weight excluding hydrogens is 222 g/mol. The van der Waals surface area contributed by atoms with Crippen molar-refractivity contribution in [1.82, 2.24) is 4.98 Å². The van der Waals surface area contributed by atoms with Crippen LogP contribution in [0.15, 0.2) is 41.7 Å². The highest BCUT2D eigenvalue weighted by molar-refractivity contribution is 5.98. The summed E-state index contributed by atoms with van der Waals surface area (Å²) >= 11 is 0. The molecule has 0 aliphatic rings. The Labute approximate surface area is 97.7 Å². The number of carbonyl (C=O) groups is 2. The van der Waals surface area contributed by atoms with Crippen molar-refractivity contribution in [2.24, 2.45) is 0 Å². The average molecular weight is 233 g/mol. The smallest absolute Gasteiger partial charge is 0.335 e. The molecule has 0 aromatic carbocycles. The minimum Gasteiger partial charge on any atom is -0.478 e. The van der Waals surface area contributed by atoms with Crippen molar-refractivity contribution in [3.05, 3.63) is 47.3 Å². The van der Waals surface area contributed by atoms with Crippen LogP contribution in [-0.4, -0.2) is 27.1 Å². The topological polar surface area (TPSA) is 87.5 Å². The Morgan fingerprint density at radius 2 is 1.82 bits per heavy atom. The molecule has 0 aliphatic heterocycles. The van der Waals surface area contributed by atoms with Gasteiger partial charge in [-0.15, -0.1) is 0 Å². The van der Waals surface area contributed by atoms with E-state index < -0.39 is 11.9 Å². The second-order valence-electron chi connectivity index (χ2n) is 3.31. The van der Waals surface area contributed by atoms with Gasteiger partial charge in [0.25, 0.3) is 0 Å². The number of rotatable bonds is 4. The molecule has 17 heavy (non-hydrogen) atoms. The van der Waals surface area contributed by atoms with Crippen LogP contribution in [0.5, 0.6) is 0 Å². The van der Waals surface area contributed by atoms with Gasteiger partial charge in [-0.25, -0.2) is 9.59 Å². The van der Waals surface area contributed by atoms with Crippen LogP contribution in [0.2, 0.25) is 0 Å². The molecular formula is C12H11NO4. The van der Waals surface area contributed by atoms with E-state index in [0.29, 0.717) is 5.56 Å². The molecule has 0 bridgehead atoms. The quantitative estimate of drug-likeness (QED) is 0.609. The third-order valence-electron chi connectivity index (χ3n) is 2.01. The Morgan fingerprint density at radius 3 is 2.29 bits per heavy atom. The van der Waals surface area contributed by atoms with Crippen LogP contribution >= 0.6 is 0 Å². The number of hydrogen-bond acceptors (Lipinski definition) is 3. The fraction of sp³-hybridized carbons (Fsp3) is 0.0833. The van der Waals surface area contributed by atoms with Crippen LogP contribution < -0.4 is 0 Å². The second-order valence-corrected chi connectivity index (χ2v) is 3.31. The molecule has 1 rings (SSSR count). The van der Waals surface area contributed by atoms with Gasteiger partial charge in [-0.2, -0.15) is 0 Å². The van der Waals surface area contributed by atoms with Gasteiger partial charge < -0.3 is 10.2 Å². The lowest BCUT2D eigenvalue weighted by Gasteiger charge is -2.02. The van der Waals surface area contributed by atoms with E-state index in [4.69, 9.17) is 10.2 Å². The minimum atomic E-state index is -1.18. The lowest BCUT2D eigenvalue weighted by atomic mass is 10.0. The summed E-state index contributed by atoms with van der Waals surface area (Å²) in [6.07, 6.45) is 5.32. The zero-order valence-corrected chi connectivity index (χ0v) is 9.12. The van der Waals surface area contributed by atoms with E-state index in [2.05, 4.69) is 4.98 Å². The maximum absolute atomic E-state index is 11.0. The van der Waals surface area contributed by atoms with Crippen molar-refractivity contribution in [2.45, 2.75) is 6.92 Å². The number of carboxylic acids is 2. The summed E-state index contributed by atoms with van der Waals surface area (Å²) in [5.74, 6) is -2.35. The molecule has 1 aromatic heterocycles. The first-order valence-electron chi connectivity index (χ1n) is 4.77. The molecule has 0 atom stereocenters. The van der Waals surface area contributed by atoms with Crippen LogP contribution in [0.1, 0.15) is 12.5 Å². The Hall–Kier alpha value is -2.43. The van der Waals surface area contributed by atoms with Gasteiger partial charge in [0, 0.05) is 18.5 Å². The lowest BCUT2D eigenvalue weighted by molar-refractivity contribution is -0.132. The molecule has 1 aromatic rings. The largest absolute Gasteiger partial charge is 0.478 e. The van der Waals surface area contributed by atoms with Crippen molar-refractivity contribution in [3.8, 4) is 0 Å². The van der Waals surface area contributed by atoms with Crippen LogP contribution in [-0.2, 0) is 9.59 Å². The molecule has 1 heterocycles. The normalized spacial score (nSPS) is 12.3. The summed E-state index contributed by atoms with van der Waals surface area (Å²) in [6, 6.07) is 3.27. The third kappa shape index (κ3) is 3.90. The van der Waals surface area contributed by atoms with Gasteiger partial charge in [0.2, 0.25) is 0 Å². The zero-order chi connectivity index (χ0) is 12.8. The molecule has 88 valence electrons. The van der Waals surface area contributed by atoms with Crippen molar-refractivity contribution >= 4 is 18.0 Å². The third-order valence-corrected chi connectivity index (χ3v) is 2.01. The molecule has 0 saturated heterocycles. The van der Waals surface area contributed by atoms with Gasteiger partial charge in [-0.05, 0) is 36.3 Å². The van der Waals surface area contributed by atoms with Gasteiger partial charge >= 0.3 is 11.9 Å². The molecule has 0 saturated carbocycles. The number of aliphatic carboxylic acids is 2. The van der Waals surface area contributed by atoms with E-state index in [1.165, 1.54) is 25.4 Å². The molecule has 2 N–H and O–H groups in total. The molecule has 0 aliphatic carbocycles. The fourth-order valence-corrected chi connectivity index (χ4v) is 1.23. The monoisotopic (exact) mass is 233 g/mol. The molecule has 0 fully saturated rings. The summed E-state index contributed by atoms with van der Waals surface area (Å²) in [6.45, 7) is 1.44. The SMILES string of the molecule is CC(=CC(=O)O)C(=Cc1ccncc1)C(=O)O. The highest BCUT2D eigenvalue weighted by Crippen LogP contribution is 2.14. The first-order chi connectivity index (χ1) is 8.00. The summed E-state index contributed by atoms with van der Waals surface area (Å²) in [5.41, 5.74) is 0.774. The second kappa shape index (κ2) is 5.60. The fourth-order valence-electron chi connectivity index (χ4n) is 1.23. The standard InChI is InChI=1S/C12H11NO4/c1-8(6-11(14)15)10(12(16)17)7-9-2-4-13-5-3-9/h2-7H,1H3,(H,14,15)(H,16,17). The summed E-state index contributed by atoms with van der Waals surface area (Å²) < 4.78 is 0. The Morgan fingerprint density at radius 1 is 1.24 bits per heavy atom. The highest BCUT2D eigenvalue weighted by atomic mass is 16.4. The van der Waals surface area contributed by atoms with Crippen LogP contribution in [0.3, 0.4) is 0 Å². The predicted molar refractivity (Wildman–Crippen MR) is 61.2 cm³/mol. The lowest BCUT2D eigenvalue weighted by Crippen LogP contribution is -2.03. The van der Waals surface area contributed by atoms with Crippen LogP contribution in [0, 0.1) is 0 Å². The minimum absolute atomic E-state index is 0.0569. The number of aromatic nitrogens is 1. The number of pyridine rings is 1. The van der Waals surface area contributed by atoms with Crippen molar-refractivity contribution in [1.29, 1.82) is 0 Å². The van der Waals surface area contributed by atoms with Gasteiger partial charge in [0.15, 0.2) is 0 Å². The predicted octanol–water partition coefficient (Wildman–Crippen LogP) is 1.58. The van der Waals surface area contributed by atoms with Gasteiger partial charge in [0.1, 0.15) is 0 Å². The first-order valence-corrected chi connectivity index (χ1v) is 4.77. The number of hydrogen-bond donors (Lipinski definition) is 2. The van der Waals surface area contributed by atoms with Gasteiger partial charge in [-0.1, -0.05) is 0 Å². The Kier molecular flexibility index (Phi) is 4.16. The molecule has 0 spiro atoms. The average Bonchev–Trinajstić information content (AvgIpc) is 2.25. The molecule has 0 radical (unpaired) electrons. The summed E-state index contributed by atoms with van der Waals surface area (Å²) in [4.78, 5) is 25.3. The van der Waals surface area contributed by atoms with Crippen molar-refractivity contribution in [2.75, 3.05) is 0 Å².